The van der Waals surface area contributed by atoms with Gasteiger partial charge in [-0.15, -0.1) is 0 Å². The van der Waals surface area contributed by atoms with Gasteiger partial charge >= 0.3 is 0 Å². The molecule has 3 rings (SSSR count). The molecule has 2 aromatic rings. The van der Waals surface area contributed by atoms with Crippen LogP contribution in [0.5, 0.6) is 0 Å². The molecule has 1 aliphatic rings. The monoisotopic (exact) mass is 370 g/mol. The first kappa shape index (κ1) is 18.3. The molecule has 1 heterocycles. The Balaban J connectivity index is 1.79. The van der Waals surface area contributed by atoms with Gasteiger partial charge in [-0.25, -0.2) is 0 Å². The van der Waals surface area contributed by atoms with Crippen LogP contribution in [0.15, 0.2) is 47.4 Å². The summed E-state index contributed by atoms with van der Waals surface area (Å²) in [6, 6.07) is 12.8. The van der Waals surface area contributed by atoms with E-state index in [0.717, 1.165) is 16.8 Å². The van der Waals surface area contributed by atoms with Crippen LogP contribution in [0.4, 0.5) is 11.4 Å². The minimum absolute atomic E-state index is 0.126. The van der Waals surface area contributed by atoms with Crippen molar-refractivity contribution in [3.05, 3.63) is 53.6 Å². The van der Waals surface area contributed by atoms with Crippen LogP contribution in [0.3, 0.4) is 0 Å². The van der Waals surface area contributed by atoms with E-state index in [9.17, 15) is 13.8 Å². The predicted octanol–water partition coefficient (Wildman–Crippen LogP) is 3.58. The smallest absolute Gasteiger partial charge is 0.241 e. The van der Waals surface area contributed by atoms with E-state index in [1.807, 2.05) is 25.1 Å². The zero-order chi connectivity index (χ0) is 18.8. The van der Waals surface area contributed by atoms with Crippen LogP contribution < -0.4 is 10.6 Å². The third kappa shape index (κ3) is 3.55. The van der Waals surface area contributed by atoms with Gasteiger partial charge in [0.25, 0.3) is 0 Å². The van der Waals surface area contributed by atoms with E-state index in [1.54, 1.807) is 24.3 Å². The van der Waals surface area contributed by atoms with Gasteiger partial charge in [-0.05, 0) is 36.1 Å². The highest BCUT2D eigenvalue weighted by Gasteiger charge is 2.34. The van der Waals surface area contributed by atoms with Crippen LogP contribution in [-0.2, 0) is 20.4 Å². The Kier molecular flexibility index (Phi) is 5.23. The number of nitrogens with one attached hydrogen (secondary N) is 2. The maximum atomic E-state index is 12.7. The van der Waals surface area contributed by atoms with Crippen LogP contribution >= 0.6 is 0 Å². The number of rotatable bonds is 4. The molecule has 0 radical (unpaired) electrons. The van der Waals surface area contributed by atoms with Crippen molar-refractivity contribution in [2.75, 3.05) is 10.6 Å². The average Bonchev–Trinajstić information content (AvgIpc) is 2.60. The molecule has 2 amide bonds. The second kappa shape index (κ2) is 7.41. The first-order chi connectivity index (χ1) is 12.4. The van der Waals surface area contributed by atoms with Crippen molar-refractivity contribution in [2.45, 2.75) is 43.3 Å². The molecule has 2 N–H and O–H groups in total. The molecule has 0 aromatic heterocycles. The highest BCUT2D eigenvalue weighted by atomic mass is 32.2. The molecular weight excluding hydrogens is 348 g/mol. The number of fused-ring (bicyclic) bond motifs is 1. The Hall–Kier alpha value is -2.47. The van der Waals surface area contributed by atoms with E-state index in [-0.39, 0.29) is 24.2 Å². The number of para-hydroxylation sites is 2. The Morgan fingerprint density at radius 3 is 2.65 bits per heavy atom. The molecule has 6 heteroatoms. The first-order valence-corrected chi connectivity index (χ1v) is 9.79. The minimum Gasteiger partial charge on any atom is -0.326 e. The second-order valence-electron chi connectivity index (χ2n) is 6.72. The lowest BCUT2D eigenvalue weighted by Crippen LogP contribution is -2.39. The summed E-state index contributed by atoms with van der Waals surface area (Å²) in [7, 11) is -1.55. The van der Waals surface area contributed by atoms with Crippen molar-refractivity contribution in [1.82, 2.24) is 0 Å². The van der Waals surface area contributed by atoms with E-state index in [1.165, 1.54) is 0 Å². The average molecular weight is 370 g/mol. The van der Waals surface area contributed by atoms with E-state index in [0.29, 0.717) is 10.6 Å². The van der Waals surface area contributed by atoms with Gasteiger partial charge in [0, 0.05) is 5.69 Å². The summed E-state index contributed by atoms with van der Waals surface area (Å²) < 4.78 is 12.7. The lowest BCUT2D eigenvalue weighted by molar-refractivity contribution is -0.120. The lowest BCUT2D eigenvalue weighted by atomic mass is 9.98. The molecule has 2 aromatic carbocycles. The molecule has 0 bridgehead atoms. The zero-order valence-corrected chi connectivity index (χ0v) is 15.9. The number of hydrogen-bond donors (Lipinski definition) is 2. The Morgan fingerprint density at radius 2 is 1.92 bits per heavy atom. The summed E-state index contributed by atoms with van der Waals surface area (Å²) in [5.41, 5.74) is 3.32. The molecule has 5 nitrogen and oxygen atoms in total. The summed E-state index contributed by atoms with van der Waals surface area (Å²) in [5, 5.41) is 4.77. The quantitative estimate of drug-likeness (QED) is 0.864. The number of benzene rings is 2. The topological polar surface area (TPSA) is 75.3 Å². The number of amides is 2. The predicted molar refractivity (Wildman–Crippen MR) is 104 cm³/mol. The highest BCUT2D eigenvalue weighted by molar-refractivity contribution is 7.86. The molecule has 0 fully saturated rings. The fourth-order valence-electron chi connectivity index (χ4n) is 3.08. The number of aryl methyl sites for hydroxylation is 1. The first-order valence-electron chi connectivity index (χ1n) is 8.58. The largest absolute Gasteiger partial charge is 0.326 e. The van der Waals surface area contributed by atoms with E-state index in [4.69, 9.17) is 0 Å². The Bertz CT molecular complexity index is 892. The van der Waals surface area contributed by atoms with Crippen molar-refractivity contribution < 1.29 is 13.8 Å². The Labute approximate surface area is 155 Å². The van der Waals surface area contributed by atoms with Gasteiger partial charge in [0.05, 0.1) is 27.8 Å². The standard InChI is InChI=1S/C20H22N2O3S/c1-12(2)14-8-6-7-13(3)19(14)22-18(23)11-17-20(24)21-15-9-4-5-10-16(15)26(17)25/h4-10,12,17H,11H2,1-3H3,(H,21,24)(H,22,23)/t17-,26-/m0/s1. The molecule has 2 atom stereocenters. The van der Waals surface area contributed by atoms with E-state index in [2.05, 4.69) is 24.5 Å². The van der Waals surface area contributed by atoms with Crippen LogP contribution in [0.25, 0.3) is 0 Å². The van der Waals surface area contributed by atoms with Gasteiger partial charge in [0.15, 0.2) is 0 Å². The molecule has 26 heavy (non-hydrogen) atoms. The maximum absolute atomic E-state index is 12.7. The summed E-state index contributed by atoms with van der Waals surface area (Å²) >= 11 is 0. The van der Waals surface area contributed by atoms with Crippen molar-refractivity contribution in [3.63, 3.8) is 0 Å². The summed E-state index contributed by atoms with van der Waals surface area (Å²) in [6.07, 6.45) is -0.126. The third-order valence-corrected chi connectivity index (χ3v) is 6.16. The van der Waals surface area contributed by atoms with E-state index >= 15 is 0 Å². The summed E-state index contributed by atoms with van der Waals surface area (Å²) in [6.45, 7) is 6.05. The molecule has 136 valence electrons. The summed E-state index contributed by atoms with van der Waals surface area (Å²) in [5.74, 6) is -0.440. The summed E-state index contributed by atoms with van der Waals surface area (Å²) in [4.78, 5) is 25.5. The van der Waals surface area contributed by atoms with Gasteiger partial charge < -0.3 is 10.6 Å². The zero-order valence-electron chi connectivity index (χ0n) is 15.0. The van der Waals surface area contributed by atoms with E-state index < -0.39 is 16.0 Å². The molecule has 0 unspecified atom stereocenters. The van der Waals surface area contributed by atoms with Crippen LogP contribution in [0, 0.1) is 6.92 Å². The van der Waals surface area contributed by atoms with Gasteiger partial charge in [-0.3, -0.25) is 13.8 Å². The SMILES string of the molecule is Cc1cccc(C(C)C)c1NC(=O)C[C@H]1C(=O)Nc2ccccc2[S@@]1=O. The Morgan fingerprint density at radius 1 is 1.19 bits per heavy atom. The number of hydrogen-bond acceptors (Lipinski definition) is 3. The molecular formula is C20H22N2O3S. The fourth-order valence-corrected chi connectivity index (χ4v) is 4.49. The lowest BCUT2D eigenvalue weighted by Gasteiger charge is -2.24. The number of carbonyl (C=O) groups excluding carboxylic acids is 2. The molecule has 0 saturated heterocycles. The normalized spacial score (nSPS) is 19.0. The second-order valence-corrected chi connectivity index (χ2v) is 8.32. The van der Waals surface area contributed by atoms with Gasteiger partial charge in [0.2, 0.25) is 11.8 Å². The van der Waals surface area contributed by atoms with Crippen molar-refractivity contribution in [2.24, 2.45) is 0 Å². The van der Waals surface area contributed by atoms with Crippen molar-refractivity contribution >= 4 is 34.0 Å². The molecule has 1 aliphatic heterocycles. The molecule has 0 spiro atoms. The van der Waals surface area contributed by atoms with Gasteiger partial charge in [0.1, 0.15) is 5.25 Å². The third-order valence-electron chi connectivity index (χ3n) is 4.47. The molecule has 0 aliphatic carbocycles. The van der Waals surface area contributed by atoms with Crippen LogP contribution in [0.1, 0.15) is 37.3 Å². The number of anilines is 2. The van der Waals surface area contributed by atoms with Crippen LogP contribution in [-0.4, -0.2) is 21.3 Å². The number of carbonyl (C=O) groups is 2. The molecule has 0 saturated carbocycles. The van der Waals surface area contributed by atoms with Gasteiger partial charge in [-0.2, -0.15) is 0 Å². The van der Waals surface area contributed by atoms with Crippen molar-refractivity contribution in [3.8, 4) is 0 Å². The van der Waals surface area contributed by atoms with Gasteiger partial charge in [-0.1, -0.05) is 44.2 Å². The van der Waals surface area contributed by atoms with Crippen molar-refractivity contribution in [1.29, 1.82) is 0 Å². The van der Waals surface area contributed by atoms with Crippen LogP contribution in [0.2, 0.25) is 0 Å². The highest BCUT2D eigenvalue weighted by Crippen LogP contribution is 2.30. The minimum atomic E-state index is -1.55. The maximum Gasteiger partial charge on any atom is 0.241 e. The fraction of sp³-hybridized carbons (Fsp3) is 0.300.